The zero-order valence-corrected chi connectivity index (χ0v) is 11.0. The van der Waals surface area contributed by atoms with Crippen molar-refractivity contribution in [2.45, 2.75) is 44.8 Å². The maximum atomic E-state index is 12.6. The van der Waals surface area contributed by atoms with E-state index < -0.39 is 24.0 Å². The summed E-state index contributed by atoms with van der Waals surface area (Å²) in [6, 6.07) is -1.01. The number of rotatable bonds is 4. The van der Waals surface area contributed by atoms with Gasteiger partial charge in [-0.15, -0.1) is 0 Å². The number of nitrogens with one attached hydrogen (secondary N) is 1. The highest BCUT2D eigenvalue weighted by Gasteiger charge is 2.52. The average Bonchev–Trinajstić information content (AvgIpc) is 2.34. The molecule has 2 aliphatic carbocycles. The minimum Gasteiger partial charge on any atom is -0.480 e. The second kappa shape index (κ2) is 5.10. The molecule has 0 aliphatic heterocycles. The number of Topliss-reactive ketones (excluding diaryl/α,β-unsaturated/α-hetero) is 1. The molecule has 2 aliphatic rings. The predicted octanol–water partition coefficient (Wildman–Crippen LogP) is 2.25. The van der Waals surface area contributed by atoms with Gasteiger partial charge in [0.05, 0.1) is 0 Å². The van der Waals surface area contributed by atoms with Crippen molar-refractivity contribution in [1.82, 2.24) is 5.32 Å². The Kier molecular flexibility index (Phi) is 3.80. The first kappa shape index (κ1) is 14.9. The molecule has 1 saturated carbocycles. The summed E-state index contributed by atoms with van der Waals surface area (Å²) >= 11 is 0. The minimum absolute atomic E-state index is 0.133. The topological polar surface area (TPSA) is 66.4 Å². The largest absolute Gasteiger partial charge is 0.480 e. The molecule has 20 heavy (non-hydrogen) atoms. The number of alkyl halides is 3. The van der Waals surface area contributed by atoms with Crippen molar-refractivity contribution in [2.75, 3.05) is 0 Å². The number of ketones is 1. The van der Waals surface area contributed by atoms with Gasteiger partial charge >= 0.3 is 12.1 Å². The molecule has 112 valence electrons. The fourth-order valence-corrected chi connectivity index (χ4v) is 3.05. The van der Waals surface area contributed by atoms with Crippen molar-refractivity contribution in [3.05, 3.63) is 11.3 Å². The van der Waals surface area contributed by atoms with Crippen LogP contribution >= 0.6 is 0 Å². The molecule has 0 bridgehead atoms. The number of aliphatic carboxylic acids is 1. The Morgan fingerprint density at radius 1 is 1.25 bits per heavy atom. The molecule has 0 amide bonds. The third-order valence-corrected chi connectivity index (χ3v) is 4.04. The first-order valence-corrected chi connectivity index (χ1v) is 6.58. The zero-order valence-electron chi connectivity index (χ0n) is 11.0. The summed E-state index contributed by atoms with van der Waals surface area (Å²) in [5, 5.41) is 11.4. The van der Waals surface area contributed by atoms with Crippen LogP contribution in [0, 0.1) is 11.8 Å². The van der Waals surface area contributed by atoms with Gasteiger partial charge in [-0.2, -0.15) is 13.2 Å². The van der Waals surface area contributed by atoms with E-state index in [4.69, 9.17) is 5.11 Å². The molecule has 4 nitrogen and oxygen atoms in total. The van der Waals surface area contributed by atoms with E-state index in [-0.39, 0.29) is 23.1 Å². The summed E-state index contributed by atoms with van der Waals surface area (Å²) in [6.45, 7) is 1.35. The van der Waals surface area contributed by atoms with E-state index in [1.165, 1.54) is 6.92 Å². The number of fused-ring (bicyclic) bond motifs is 1. The van der Waals surface area contributed by atoms with Gasteiger partial charge in [0.2, 0.25) is 0 Å². The molecule has 0 spiro atoms. The van der Waals surface area contributed by atoms with E-state index in [0.29, 0.717) is 12.8 Å². The number of hydrogen-bond acceptors (Lipinski definition) is 3. The van der Waals surface area contributed by atoms with Crippen LogP contribution in [0.3, 0.4) is 0 Å². The smallest absolute Gasteiger partial charge is 0.454 e. The quantitative estimate of drug-likeness (QED) is 0.833. The molecular formula is C13H16F3NO3. The lowest BCUT2D eigenvalue weighted by Gasteiger charge is -2.45. The summed E-state index contributed by atoms with van der Waals surface area (Å²) in [5.74, 6) is -3.50. The van der Waals surface area contributed by atoms with Crippen LogP contribution in [0.25, 0.3) is 0 Å². The molecule has 2 N–H and O–H groups in total. The van der Waals surface area contributed by atoms with Crippen LogP contribution in [0.15, 0.2) is 11.3 Å². The highest BCUT2D eigenvalue weighted by molar-refractivity contribution is 6.02. The number of hydrogen-bond donors (Lipinski definition) is 2. The summed E-state index contributed by atoms with van der Waals surface area (Å²) in [6.07, 6.45) is -1.95. The van der Waals surface area contributed by atoms with Gasteiger partial charge in [0, 0.05) is 17.2 Å². The van der Waals surface area contributed by atoms with E-state index in [1.54, 1.807) is 0 Å². The van der Waals surface area contributed by atoms with Crippen LogP contribution in [0.2, 0.25) is 0 Å². The lowest BCUT2D eigenvalue weighted by Crippen LogP contribution is -2.49. The highest BCUT2D eigenvalue weighted by Crippen LogP contribution is 2.50. The van der Waals surface area contributed by atoms with Gasteiger partial charge in [-0.3, -0.25) is 9.59 Å². The van der Waals surface area contributed by atoms with Crippen molar-refractivity contribution in [3.8, 4) is 0 Å². The Morgan fingerprint density at radius 2 is 1.80 bits per heavy atom. The normalized spacial score (nSPS) is 27.4. The maximum absolute atomic E-state index is 12.6. The predicted molar refractivity (Wildman–Crippen MR) is 63.8 cm³/mol. The molecule has 0 aromatic heterocycles. The fraction of sp³-hybridized carbons (Fsp3) is 0.692. The maximum Gasteiger partial charge on any atom is 0.454 e. The van der Waals surface area contributed by atoms with Gasteiger partial charge in [-0.1, -0.05) is 12.8 Å². The molecule has 0 radical (unpaired) electrons. The number of allylic oxidation sites excluding steroid dienone is 2. The Hall–Kier alpha value is -1.53. The van der Waals surface area contributed by atoms with Crippen molar-refractivity contribution < 1.29 is 27.9 Å². The third kappa shape index (κ3) is 2.53. The summed E-state index contributed by atoms with van der Waals surface area (Å²) < 4.78 is 37.9. The molecular weight excluding hydrogens is 275 g/mol. The van der Waals surface area contributed by atoms with Gasteiger partial charge < -0.3 is 10.4 Å². The average molecular weight is 291 g/mol. The van der Waals surface area contributed by atoms with E-state index in [2.05, 4.69) is 5.32 Å². The number of carbonyl (C=O) groups is 2. The van der Waals surface area contributed by atoms with Crippen LogP contribution in [0.5, 0.6) is 0 Å². The van der Waals surface area contributed by atoms with Crippen molar-refractivity contribution in [1.29, 1.82) is 0 Å². The summed E-state index contributed by atoms with van der Waals surface area (Å²) in [4.78, 5) is 22.3. The van der Waals surface area contributed by atoms with Crippen LogP contribution in [-0.2, 0) is 9.59 Å². The molecule has 3 atom stereocenters. The fourth-order valence-electron chi connectivity index (χ4n) is 3.05. The number of carbonyl (C=O) groups excluding carboxylic acids is 1. The molecule has 0 saturated heterocycles. The van der Waals surface area contributed by atoms with Gasteiger partial charge in [0.1, 0.15) is 6.04 Å². The third-order valence-electron chi connectivity index (χ3n) is 4.04. The number of carboxylic acids is 1. The van der Waals surface area contributed by atoms with E-state index in [9.17, 15) is 22.8 Å². The number of halogens is 3. The van der Waals surface area contributed by atoms with E-state index >= 15 is 0 Å². The van der Waals surface area contributed by atoms with Crippen molar-refractivity contribution >= 4 is 11.8 Å². The van der Waals surface area contributed by atoms with E-state index in [1.807, 2.05) is 0 Å². The Balaban J connectivity index is 2.29. The molecule has 0 aromatic carbocycles. The van der Waals surface area contributed by atoms with Gasteiger partial charge in [0.25, 0.3) is 5.78 Å². The standard InChI is InChI=1S/C13H16F3NO3/c1-6(12(19)20)17-10-8-5-3-2-4-7(8)9(10)11(18)13(14,15)16/h6-8,17H,2-5H2,1H3,(H,19,20). The minimum atomic E-state index is -4.91. The second-order valence-electron chi connectivity index (χ2n) is 5.36. The van der Waals surface area contributed by atoms with Crippen LogP contribution in [-0.4, -0.2) is 29.1 Å². The molecule has 3 unspecified atom stereocenters. The Bertz CT molecular complexity index is 470. The molecule has 0 aromatic rings. The van der Waals surface area contributed by atoms with Crippen molar-refractivity contribution in [2.24, 2.45) is 11.8 Å². The summed E-state index contributed by atoms with van der Waals surface area (Å²) in [5.41, 5.74) is -0.0674. The Labute approximate surface area is 114 Å². The number of carboxylic acid groups (broad SMARTS) is 1. The molecule has 0 heterocycles. The van der Waals surface area contributed by atoms with Crippen LogP contribution in [0.4, 0.5) is 13.2 Å². The van der Waals surface area contributed by atoms with Crippen LogP contribution in [0.1, 0.15) is 32.6 Å². The van der Waals surface area contributed by atoms with Gasteiger partial charge in [-0.05, 0) is 25.7 Å². The first-order valence-electron chi connectivity index (χ1n) is 6.58. The molecule has 7 heteroatoms. The van der Waals surface area contributed by atoms with Crippen LogP contribution < -0.4 is 5.32 Å². The summed E-state index contributed by atoms with van der Waals surface area (Å²) in [7, 11) is 0. The highest BCUT2D eigenvalue weighted by atomic mass is 19.4. The van der Waals surface area contributed by atoms with Gasteiger partial charge in [-0.25, -0.2) is 0 Å². The molecule has 1 fully saturated rings. The second-order valence-corrected chi connectivity index (χ2v) is 5.36. The zero-order chi connectivity index (χ0) is 15.1. The van der Waals surface area contributed by atoms with E-state index in [0.717, 1.165) is 12.8 Å². The monoisotopic (exact) mass is 291 g/mol. The lowest BCUT2D eigenvalue weighted by atomic mass is 9.62. The van der Waals surface area contributed by atoms with Crippen molar-refractivity contribution in [3.63, 3.8) is 0 Å². The lowest BCUT2D eigenvalue weighted by molar-refractivity contribution is -0.168. The first-order chi connectivity index (χ1) is 9.23. The van der Waals surface area contributed by atoms with Gasteiger partial charge in [0.15, 0.2) is 0 Å². The molecule has 2 rings (SSSR count). The SMILES string of the molecule is CC(NC1=C(C(=O)C(F)(F)F)C2CCCCC12)C(=O)O. The Morgan fingerprint density at radius 3 is 2.30 bits per heavy atom.